The van der Waals surface area contributed by atoms with Crippen LogP contribution in [0.2, 0.25) is 0 Å². The number of aromatic nitrogens is 3. The SMILES string of the molecule is Cc1cc(-n2cc3c(n2)CNC3)ccn1. The van der Waals surface area contributed by atoms with E-state index in [-0.39, 0.29) is 0 Å². The van der Waals surface area contributed by atoms with Crippen molar-refractivity contribution in [2.45, 2.75) is 20.0 Å². The molecule has 15 heavy (non-hydrogen) atoms. The lowest BCUT2D eigenvalue weighted by atomic mass is 10.3. The molecule has 3 heterocycles. The molecule has 2 aromatic heterocycles. The van der Waals surface area contributed by atoms with Crippen LogP contribution in [0, 0.1) is 6.92 Å². The van der Waals surface area contributed by atoms with E-state index in [9.17, 15) is 0 Å². The van der Waals surface area contributed by atoms with Crippen LogP contribution in [0.3, 0.4) is 0 Å². The highest BCUT2D eigenvalue weighted by molar-refractivity contribution is 5.34. The molecule has 76 valence electrons. The van der Waals surface area contributed by atoms with Crippen molar-refractivity contribution in [3.8, 4) is 5.69 Å². The van der Waals surface area contributed by atoms with Crippen molar-refractivity contribution in [1.29, 1.82) is 0 Å². The molecular weight excluding hydrogens is 188 g/mol. The zero-order chi connectivity index (χ0) is 10.3. The summed E-state index contributed by atoms with van der Waals surface area (Å²) >= 11 is 0. The molecule has 0 fully saturated rings. The number of pyridine rings is 1. The second-order valence-corrected chi connectivity index (χ2v) is 3.80. The highest BCUT2D eigenvalue weighted by Gasteiger charge is 2.14. The lowest BCUT2D eigenvalue weighted by molar-refractivity contribution is 0.720. The quantitative estimate of drug-likeness (QED) is 0.751. The van der Waals surface area contributed by atoms with Crippen molar-refractivity contribution >= 4 is 0 Å². The summed E-state index contributed by atoms with van der Waals surface area (Å²) in [5, 5.41) is 7.80. The van der Waals surface area contributed by atoms with E-state index in [0.717, 1.165) is 30.2 Å². The minimum atomic E-state index is 0.881. The molecule has 0 atom stereocenters. The summed E-state index contributed by atoms with van der Waals surface area (Å²) in [7, 11) is 0. The van der Waals surface area contributed by atoms with Gasteiger partial charge in [0.2, 0.25) is 0 Å². The van der Waals surface area contributed by atoms with Crippen molar-refractivity contribution in [3.05, 3.63) is 41.5 Å². The van der Waals surface area contributed by atoms with E-state index in [2.05, 4.69) is 21.6 Å². The van der Waals surface area contributed by atoms with E-state index in [1.165, 1.54) is 5.56 Å². The summed E-state index contributed by atoms with van der Waals surface area (Å²) in [5.41, 5.74) is 4.55. The molecule has 3 rings (SSSR count). The van der Waals surface area contributed by atoms with E-state index in [4.69, 9.17) is 0 Å². The maximum absolute atomic E-state index is 4.53. The van der Waals surface area contributed by atoms with E-state index in [1.54, 1.807) is 0 Å². The van der Waals surface area contributed by atoms with Crippen LogP contribution in [0.25, 0.3) is 5.69 Å². The van der Waals surface area contributed by atoms with Gasteiger partial charge in [-0.15, -0.1) is 0 Å². The molecule has 4 heteroatoms. The van der Waals surface area contributed by atoms with Gasteiger partial charge < -0.3 is 5.32 Å². The highest BCUT2D eigenvalue weighted by Crippen LogP contribution is 2.16. The van der Waals surface area contributed by atoms with Gasteiger partial charge in [0.25, 0.3) is 0 Å². The van der Waals surface area contributed by atoms with Gasteiger partial charge in [-0.3, -0.25) is 4.98 Å². The standard InChI is InChI=1S/C11H12N4/c1-8-4-10(2-3-13-8)15-7-9-5-12-6-11(9)14-15/h2-4,7,12H,5-6H2,1H3. The van der Waals surface area contributed by atoms with Gasteiger partial charge in [0.1, 0.15) is 0 Å². The molecule has 2 aromatic rings. The summed E-state index contributed by atoms with van der Waals surface area (Å²) in [6, 6.07) is 4.01. The largest absolute Gasteiger partial charge is 0.307 e. The van der Waals surface area contributed by atoms with Crippen molar-refractivity contribution in [3.63, 3.8) is 0 Å². The molecule has 0 saturated heterocycles. The van der Waals surface area contributed by atoms with Crippen LogP contribution in [-0.4, -0.2) is 14.8 Å². The average molecular weight is 200 g/mol. The van der Waals surface area contributed by atoms with Crippen molar-refractivity contribution in [2.75, 3.05) is 0 Å². The molecule has 0 unspecified atom stereocenters. The summed E-state index contributed by atoms with van der Waals surface area (Å²) in [4.78, 5) is 4.18. The van der Waals surface area contributed by atoms with Crippen LogP contribution in [0.1, 0.15) is 17.0 Å². The molecule has 0 spiro atoms. The summed E-state index contributed by atoms with van der Waals surface area (Å²) in [6.07, 6.45) is 3.90. The zero-order valence-corrected chi connectivity index (χ0v) is 8.57. The Labute approximate surface area is 88.0 Å². The number of nitrogens with one attached hydrogen (secondary N) is 1. The van der Waals surface area contributed by atoms with Crippen LogP contribution >= 0.6 is 0 Å². The lowest BCUT2D eigenvalue weighted by Gasteiger charge is -2.02. The molecule has 0 amide bonds. The summed E-state index contributed by atoms with van der Waals surface area (Å²) < 4.78 is 1.93. The Morgan fingerprint density at radius 2 is 2.33 bits per heavy atom. The number of hydrogen-bond donors (Lipinski definition) is 1. The summed E-state index contributed by atoms with van der Waals surface area (Å²) in [6.45, 7) is 3.80. The average Bonchev–Trinajstić information content (AvgIpc) is 2.76. The third-order valence-electron chi connectivity index (χ3n) is 2.63. The van der Waals surface area contributed by atoms with Gasteiger partial charge in [0, 0.05) is 36.7 Å². The Kier molecular flexibility index (Phi) is 1.82. The first-order valence-electron chi connectivity index (χ1n) is 5.04. The Morgan fingerprint density at radius 1 is 1.40 bits per heavy atom. The monoisotopic (exact) mass is 200 g/mol. The van der Waals surface area contributed by atoms with Crippen LogP contribution in [-0.2, 0) is 13.1 Å². The lowest BCUT2D eigenvalue weighted by Crippen LogP contribution is -2.05. The first-order chi connectivity index (χ1) is 7.33. The molecular formula is C11H12N4. The number of nitrogens with zero attached hydrogens (tertiary/aromatic N) is 3. The van der Waals surface area contributed by atoms with Gasteiger partial charge in [-0.25, -0.2) is 4.68 Å². The molecule has 0 saturated carbocycles. The fourth-order valence-corrected chi connectivity index (χ4v) is 1.86. The number of fused-ring (bicyclic) bond motifs is 1. The second kappa shape index (κ2) is 3.17. The van der Waals surface area contributed by atoms with Gasteiger partial charge in [-0.05, 0) is 19.1 Å². The normalized spacial score (nSPS) is 14.2. The minimum absolute atomic E-state index is 0.881. The number of rotatable bonds is 1. The minimum Gasteiger partial charge on any atom is -0.307 e. The zero-order valence-electron chi connectivity index (χ0n) is 8.57. The fraction of sp³-hybridized carbons (Fsp3) is 0.273. The van der Waals surface area contributed by atoms with Gasteiger partial charge in [0.15, 0.2) is 0 Å². The predicted molar refractivity (Wildman–Crippen MR) is 56.6 cm³/mol. The first-order valence-corrected chi connectivity index (χ1v) is 5.04. The Balaban J connectivity index is 2.06. The van der Waals surface area contributed by atoms with Crippen molar-refractivity contribution in [1.82, 2.24) is 20.1 Å². The highest BCUT2D eigenvalue weighted by atomic mass is 15.3. The first kappa shape index (κ1) is 8.61. The van der Waals surface area contributed by atoms with Crippen molar-refractivity contribution < 1.29 is 0 Å². The topological polar surface area (TPSA) is 42.7 Å². The molecule has 0 aliphatic carbocycles. The Bertz CT molecular complexity index is 480. The molecule has 0 bridgehead atoms. The van der Waals surface area contributed by atoms with Crippen LogP contribution in [0.15, 0.2) is 24.5 Å². The predicted octanol–water partition coefficient (Wildman–Crippen LogP) is 1.18. The third kappa shape index (κ3) is 1.43. The Hall–Kier alpha value is -1.68. The summed E-state index contributed by atoms with van der Waals surface area (Å²) in [5.74, 6) is 0. The molecule has 4 nitrogen and oxygen atoms in total. The molecule has 1 aliphatic heterocycles. The maximum Gasteiger partial charge on any atom is 0.0811 e. The van der Waals surface area contributed by atoms with E-state index in [1.807, 2.05) is 29.9 Å². The molecule has 0 radical (unpaired) electrons. The molecule has 1 N–H and O–H groups in total. The van der Waals surface area contributed by atoms with Crippen LogP contribution in [0.4, 0.5) is 0 Å². The fourth-order valence-electron chi connectivity index (χ4n) is 1.86. The van der Waals surface area contributed by atoms with Gasteiger partial charge in [0.05, 0.1) is 11.4 Å². The van der Waals surface area contributed by atoms with E-state index in [0.29, 0.717) is 0 Å². The molecule has 0 aromatic carbocycles. The van der Waals surface area contributed by atoms with Crippen LogP contribution < -0.4 is 5.32 Å². The van der Waals surface area contributed by atoms with Gasteiger partial charge in [-0.2, -0.15) is 5.10 Å². The number of hydrogen-bond acceptors (Lipinski definition) is 3. The van der Waals surface area contributed by atoms with E-state index < -0.39 is 0 Å². The maximum atomic E-state index is 4.53. The van der Waals surface area contributed by atoms with Gasteiger partial charge in [-0.1, -0.05) is 0 Å². The van der Waals surface area contributed by atoms with E-state index >= 15 is 0 Å². The third-order valence-corrected chi connectivity index (χ3v) is 2.63. The number of aryl methyl sites for hydroxylation is 1. The van der Waals surface area contributed by atoms with Crippen LogP contribution in [0.5, 0.6) is 0 Å². The Morgan fingerprint density at radius 3 is 3.13 bits per heavy atom. The smallest absolute Gasteiger partial charge is 0.0811 e. The van der Waals surface area contributed by atoms with Gasteiger partial charge >= 0.3 is 0 Å². The van der Waals surface area contributed by atoms with Crippen molar-refractivity contribution in [2.24, 2.45) is 0 Å². The molecule has 1 aliphatic rings. The second-order valence-electron chi connectivity index (χ2n) is 3.80.